The summed E-state index contributed by atoms with van der Waals surface area (Å²) in [5.74, 6) is 0.173. The highest BCUT2D eigenvalue weighted by molar-refractivity contribution is 5.79. The Kier molecular flexibility index (Phi) is 4.95. The molecule has 1 aromatic rings. The molecule has 1 aliphatic heterocycles. The first-order valence-electron chi connectivity index (χ1n) is 6.77. The van der Waals surface area contributed by atoms with E-state index in [4.69, 9.17) is 11.1 Å². The van der Waals surface area contributed by atoms with Crippen LogP contribution in [0.2, 0.25) is 0 Å². The van der Waals surface area contributed by atoms with Crippen LogP contribution in [0, 0.1) is 5.41 Å². The molecule has 1 heterocycles. The summed E-state index contributed by atoms with van der Waals surface area (Å²) in [5, 5.41) is 10.2. The van der Waals surface area contributed by atoms with Crippen molar-refractivity contribution in [2.45, 2.75) is 6.54 Å². The Labute approximate surface area is 119 Å². The van der Waals surface area contributed by atoms with Gasteiger partial charge in [0.1, 0.15) is 5.84 Å². The van der Waals surface area contributed by atoms with E-state index in [-0.39, 0.29) is 11.9 Å². The number of amides is 2. The Morgan fingerprint density at radius 2 is 1.85 bits per heavy atom. The number of nitrogens with zero attached hydrogens (tertiary/aromatic N) is 2. The molecule has 1 saturated heterocycles. The molecule has 2 rings (SSSR count). The minimum absolute atomic E-state index is 0.0312. The van der Waals surface area contributed by atoms with Crippen LogP contribution >= 0.6 is 0 Å². The molecule has 20 heavy (non-hydrogen) atoms. The predicted molar refractivity (Wildman–Crippen MR) is 78.6 cm³/mol. The molecule has 2 amide bonds. The molecular formula is C14H21N5O. The van der Waals surface area contributed by atoms with Gasteiger partial charge in [-0.3, -0.25) is 10.3 Å². The van der Waals surface area contributed by atoms with Crippen molar-refractivity contribution in [3.8, 4) is 0 Å². The summed E-state index contributed by atoms with van der Waals surface area (Å²) in [6.07, 6.45) is 0. The average molecular weight is 275 g/mol. The van der Waals surface area contributed by atoms with E-state index < -0.39 is 0 Å². The van der Waals surface area contributed by atoms with Crippen LogP contribution in [0.1, 0.15) is 5.56 Å². The van der Waals surface area contributed by atoms with E-state index in [1.165, 1.54) is 0 Å². The number of carbonyl (C=O) groups excluding carboxylic acids is 1. The second-order valence-corrected chi connectivity index (χ2v) is 4.93. The van der Waals surface area contributed by atoms with E-state index in [1.54, 1.807) is 4.90 Å². The van der Waals surface area contributed by atoms with Crippen molar-refractivity contribution in [2.24, 2.45) is 5.73 Å². The first-order chi connectivity index (χ1) is 9.65. The summed E-state index contributed by atoms with van der Waals surface area (Å²) in [6, 6.07) is 9.83. The van der Waals surface area contributed by atoms with Crippen LogP contribution in [0.4, 0.5) is 4.79 Å². The van der Waals surface area contributed by atoms with Gasteiger partial charge in [0.05, 0.1) is 6.54 Å². The summed E-state index contributed by atoms with van der Waals surface area (Å²) in [6.45, 7) is 3.91. The summed E-state index contributed by atoms with van der Waals surface area (Å²) in [5.41, 5.74) is 6.47. The molecule has 0 spiro atoms. The van der Waals surface area contributed by atoms with E-state index in [0.29, 0.717) is 26.2 Å². The van der Waals surface area contributed by atoms with E-state index in [2.05, 4.69) is 10.2 Å². The Balaban J connectivity index is 1.73. The van der Waals surface area contributed by atoms with Gasteiger partial charge in [0, 0.05) is 32.7 Å². The van der Waals surface area contributed by atoms with Gasteiger partial charge in [-0.1, -0.05) is 30.3 Å². The topological polar surface area (TPSA) is 85.5 Å². The predicted octanol–water partition coefficient (Wildman–Crippen LogP) is 0.450. The number of nitrogens with one attached hydrogen (secondary N) is 2. The Hall–Kier alpha value is -2.08. The molecule has 0 unspecified atom stereocenters. The second kappa shape index (κ2) is 6.91. The summed E-state index contributed by atoms with van der Waals surface area (Å²) < 4.78 is 0. The van der Waals surface area contributed by atoms with E-state index in [1.807, 2.05) is 30.3 Å². The van der Waals surface area contributed by atoms with E-state index in [0.717, 1.165) is 18.7 Å². The van der Waals surface area contributed by atoms with Crippen LogP contribution in [0.15, 0.2) is 30.3 Å². The van der Waals surface area contributed by atoms with Crippen molar-refractivity contribution < 1.29 is 4.79 Å². The SMILES string of the molecule is N=C(N)CN1CCN(C(=O)NCc2ccccc2)CC1. The number of nitrogens with two attached hydrogens (primary N) is 1. The van der Waals surface area contributed by atoms with Gasteiger partial charge >= 0.3 is 6.03 Å². The highest BCUT2D eigenvalue weighted by atomic mass is 16.2. The molecule has 0 aromatic heterocycles. The number of rotatable bonds is 4. The first kappa shape index (κ1) is 14.3. The van der Waals surface area contributed by atoms with Gasteiger partial charge in [-0.2, -0.15) is 0 Å². The molecule has 4 N–H and O–H groups in total. The first-order valence-corrected chi connectivity index (χ1v) is 6.77. The van der Waals surface area contributed by atoms with Gasteiger partial charge in [-0.15, -0.1) is 0 Å². The molecule has 0 atom stereocenters. The molecular weight excluding hydrogens is 254 g/mol. The third kappa shape index (κ3) is 4.24. The monoisotopic (exact) mass is 275 g/mol. The van der Waals surface area contributed by atoms with Crippen LogP contribution in [0.3, 0.4) is 0 Å². The Morgan fingerprint density at radius 3 is 2.45 bits per heavy atom. The van der Waals surface area contributed by atoms with Crippen molar-refractivity contribution >= 4 is 11.9 Å². The minimum Gasteiger partial charge on any atom is -0.387 e. The molecule has 0 aliphatic carbocycles. The van der Waals surface area contributed by atoms with Crippen molar-refractivity contribution in [2.75, 3.05) is 32.7 Å². The lowest BCUT2D eigenvalue weighted by Crippen LogP contribution is -2.52. The summed E-state index contributed by atoms with van der Waals surface area (Å²) in [4.78, 5) is 15.9. The lowest BCUT2D eigenvalue weighted by atomic mass is 10.2. The van der Waals surface area contributed by atoms with Gasteiger partial charge < -0.3 is 16.0 Å². The van der Waals surface area contributed by atoms with Crippen molar-refractivity contribution in [1.29, 1.82) is 5.41 Å². The Morgan fingerprint density at radius 1 is 1.20 bits per heavy atom. The van der Waals surface area contributed by atoms with Crippen molar-refractivity contribution in [3.05, 3.63) is 35.9 Å². The number of hydrogen-bond donors (Lipinski definition) is 3. The minimum atomic E-state index is -0.0312. The van der Waals surface area contributed by atoms with Gasteiger partial charge in [-0.25, -0.2) is 4.79 Å². The maximum atomic E-state index is 12.0. The van der Waals surface area contributed by atoms with Crippen molar-refractivity contribution in [1.82, 2.24) is 15.1 Å². The lowest BCUT2D eigenvalue weighted by Gasteiger charge is -2.34. The molecule has 0 saturated carbocycles. The molecule has 6 heteroatoms. The molecule has 0 bridgehead atoms. The fourth-order valence-corrected chi connectivity index (χ4v) is 2.24. The fraction of sp³-hybridized carbons (Fsp3) is 0.429. The van der Waals surface area contributed by atoms with Crippen molar-refractivity contribution in [3.63, 3.8) is 0 Å². The highest BCUT2D eigenvalue weighted by Crippen LogP contribution is 2.03. The fourth-order valence-electron chi connectivity index (χ4n) is 2.24. The van der Waals surface area contributed by atoms with Crippen LogP contribution < -0.4 is 11.1 Å². The van der Waals surface area contributed by atoms with E-state index in [9.17, 15) is 4.79 Å². The molecule has 0 radical (unpaired) electrons. The molecule has 108 valence electrons. The number of benzene rings is 1. The molecule has 1 fully saturated rings. The van der Waals surface area contributed by atoms with Gasteiger partial charge in [0.2, 0.25) is 0 Å². The third-order valence-electron chi connectivity index (χ3n) is 3.34. The number of piperazine rings is 1. The van der Waals surface area contributed by atoms with Crippen LogP contribution in [0.25, 0.3) is 0 Å². The molecule has 1 aliphatic rings. The Bertz CT molecular complexity index is 454. The summed E-state index contributed by atoms with van der Waals surface area (Å²) >= 11 is 0. The van der Waals surface area contributed by atoms with Gasteiger partial charge in [0.15, 0.2) is 0 Å². The number of urea groups is 1. The average Bonchev–Trinajstić information content (AvgIpc) is 2.46. The maximum Gasteiger partial charge on any atom is 0.317 e. The quantitative estimate of drug-likeness (QED) is 0.551. The largest absolute Gasteiger partial charge is 0.387 e. The van der Waals surface area contributed by atoms with E-state index >= 15 is 0 Å². The normalized spacial score (nSPS) is 15.9. The molecule has 1 aromatic carbocycles. The van der Waals surface area contributed by atoms with Gasteiger partial charge in [0.25, 0.3) is 0 Å². The smallest absolute Gasteiger partial charge is 0.317 e. The number of carbonyl (C=O) groups is 1. The zero-order chi connectivity index (χ0) is 14.4. The third-order valence-corrected chi connectivity index (χ3v) is 3.34. The van der Waals surface area contributed by atoms with Crippen LogP contribution in [0.5, 0.6) is 0 Å². The van der Waals surface area contributed by atoms with Crippen LogP contribution in [-0.4, -0.2) is 54.4 Å². The maximum absolute atomic E-state index is 12.0. The number of amidine groups is 1. The number of hydrogen-bond acceptors (Lipinski definition) is 3. The van der Waals surface area contributed by atoms with Gasteiger partial charge in [-0.05, 0) is 5.56 Å². The zero-order valence-corrected chi connectivity index (χ0v) is 11.5. The molecule has 6 nitrogen and oxygen atoms in total. The zero-order valence-electron chi connectivity index (χ0n) is 11.5. The second-order valence-electron chi connectivity index (χ2n) is 4.93. The highest BCUT2D eigenvalue weighted by Gasteiger charge is 2.20. The lowest BCUT2D eigenvalue weighted by molar-refractivity contribution is 0.148. The summed E-state index contributed by atoms with van der Waals surface area (Å²) in [7, 11) is 0. The standard InChI is InChI=1S/C14H21N5O/c15-13(16)11-18-6-8-19(9-7-18)14(20)17-10-12-4-2-1-3-5-12/h1-5H,6-11H2,(H3,15,16)(H,17,20). The van der Waals surface area contributed by atoms with Crippen LogP contribution in [-0.2, 0) is 6.54 Å².